The minimum atomic E-state index is -1.78. The second kappa shape index (κ2) is 17.9. The Balaban J connectivity index is 1.04. The van der Waals surface area contributed by atoms with Crippen LogP contribution in [-0.2, 0) is 28.4 Å². The first-order valence-electron chi connectivity index (χ1n) is 24.4. The smallest absolute Gasteiger partial charge is 0.187 e. The highest BCUT2D eigenvalue weighted by Gasteiger charge is 2.72. The quantitative estimate of drug-likeness (QED) is 0.103. The molecule has 0 bridgehead atoms. The highest BCUT2D eigenvalue weighted by Crippen LogP contribution is 2.76. The molecule has 0 aromatic heterocycles. The topological polar surface area (TPSA) is 298 Å². The van der Waals surface area contributed by atoms with E-state index in [9.17, 15) is 61.3 Å². The van der Waals surface area contributed by atoms with Gasteiger partial charge < -0.3 is 89.7 Å². The van der Waals surface area contributed by atoms with Crippen molar-refractivity contribution in [3.63, 3.8) is 0 Å². The number of hydrogen-bond donors (Lipinski definition) is 12. The van der Waals surface area contributed by atoms with Crippen LogP contribution in [0.4, 0.5) is 0 Å². The maximum atomic E-state index is 12.5. The van der Waals surface area contributed by atoms with Crippen LogP contribution in [0.5, 0.6) is 0 Å². The van der Waals surface area contributed by atoms with Gasteiger partial charge in [-0.05, 0) is 97.2 Å². The molecule has 0 aromatic rings. The zero-order chi connectivity index (χ0) is 48.4. The summed E-state index contributed by atoms with van der Waals surface area (Å²) < 4.78 is 36.2. The lowest BCUT2D eigenvalue weighted by Crippen LogP contribution is -2.69. The van der Waals surface area contributed by atoms with Gasteiger partial charge in [0.05, 0.1) is 44.2 Å². The fourth-order valence-electron chi connectivity index (χ4n) is 15.2. The lowest BCUT2D eigenvalue weighted by molar-refractivity contribution is -0.374. The molecule has 5 aliphatic carbocycles. The van der Waals surface area contributed by atoms with Crippen LogP contribution in [0.15, 0.2) is 11.6 Å². The molecule has 7 fully saturated rings. The van der Waals surface area contributed by atoms with E-state index in [4.69, 9.17) is 28.4 Å². The fourth-order valence-corrected chi connectivity index (χ4v) is 15.2. The Morgan fingerprint density at radius 2 is 1.26 bits per heavy atom. The van der Waals surface area contributed by atoms with Crippen LogP contribution in [0.3, 0.4) is 0 Å². The average molecular weight is 945 g/mol. The van der Waals surface area contributed by atoms with E-state index in [1.165, 1.54) is 12.5 Å². The first-order chi connectivity index (χ1) is 30.7. The molecule has 0 amide bonds. The molecule has 4 saturated carbocycles. The van der Waals surface area contributed by atoms with Crippen LogP contribution < -0.4 is 0 Å². The largest absolute Gasteiger partial charge is 0.396 e. The van der Waals surface area contributed by atoms with E-state index in [1.807, 2.05) is 0 Å². The van der Waals surface area contributed by atoms with Crippen LogP contribution >= 0.6 is 0 Å². The normalized spacial score (nSPS) is 55.7. The van der Waals surface area contributed by atoms with Gasteiger partial charge in [0.25, 0.3) is 0 Å². The van der Waals surface area contributed by atoms with Crippen molar-refractivity contribution in [3.8, 4) is 0 Å². The summed E-state index contributed by atoms with van der Waals surface area (Å²) in [6.45, 7) is 15.7. The molecule has 4 unspecified atom stereocenters. The van der Waals surface area contributed by atoms with Crippen LogP contribution in [0, 0.1) is 50.2 Å². The minimum Gasteiger partial charge on any atom is -0.396 e. The molecule has 0 aromatic carbocycles. The highest BCUT2D eigenvalue weighted by atomic mass is 16.8. The van der Waals surface area contributed by atoms with Crippen LogP contribution in [0.25, 0.3) is 0 Å². The lowest BCUT2D eigenvalue weighted by atomic mass is 9.33. The molecular weight excluding hydrogens is 865 g/mol. The predicted octanol–water partition coefficient (Wildman–Crippen LogP) is -0.417. The maximum absolute atomic E-state index is 12.5. The average Bonchev–Trinajstić information content (AvgIpc) is 3.25. The Morgan fingerprint density at radius 1 is 0.636 bits per heavy atom. The predicted molar refractivity (Wildman–Crippen MR) is 231 cm³/mol. The summed E-state index contributed by atoms with van der Waals surface area (Å²) in [6.07, 6.45) is -17.7. The van der Waals surface area contributed by atoms with E-state index >= 15 is 0 Å². The third-order valence-electron chi connectivity index (χ3n) is 19.4. The number of rotatable bonds is 9. The Labute approximate surface area is 387 Å². The van der Waals surface area contributed by atoms with Crippen molar-refractivity contribution in [1.29, 1.82) is 0 Å². The van der Waals surface area contributed by atoms with Crippen molar-refractivity contribution in [3.05, 3.63) is 11.6 Å². The molecule has 3 heterocycles. The Hall–Kier alpha value is -0.980. The van der Waals surface area contributed by atoms with Gasteiger partial charge in [0.1, 0.15) is 67.1 Å². The van der Waals surface area contributed by atoms with Gasteiger partial charge in [-0.25, -0.2) is 0 Å². The Morgan fingerprint density at radius 3 is 1.92 bits per heavy atom. The van der Waals surface area contributed by atoms with Gasteiger partial charge in [0.2, 0.25) is 0 Å². The van der Waals surface area contributed by atoms with Gasteiger partial charge in [0.15, 0.2) is 18.9 Å². The zero-order valence-corrected chi connectivity index (χ0v) is 39.8. The minimum absolute atomic E-state index is 0.00875. The first kappa shape index (κ1) is 51.4. The second-order valence-electron chi connectivity index (χ2n) is 23.8. The zero-order valence-electron chi connectivity index (χ0n) is 39.8. The molecule has 18 heteroatoms. The fraction of sp³-hybridized carbons (Fsp3) is 0.958. The number of allylic oxidation sites excluding steroid dienone is 1. The van der Waals surface area contributed by atoms with E-state index in [0.29, 0.717) is 19.3 Å². The van der Waals surface area contributed by atoms with Crippen molar-refractivity contribution in [2.24, 2.45) is 50.2 Å². The van der Waals surface area contributed by atoms with E-state index in [0.717, 1.165) is 32.1 Å². The van der Waals surface area contributed by atoms with Gasteiger partial charge in [-0.1, -0.05) is 60.1 Å². The van der Waals surface area contributed by atoms with Crippen molar-refractivity contribution in [1.82, 2.24) is 0 Å². The van der Waals surface area contributed by atoms with Crippen LogP contribution in [-0.4, -0.2) is 192 Å². The van der Waals surface area contributed by atoms with Crippen molar-refractivity contribution in [2.45, 2.75) is 217 Å². The van der Waals surface area contributed by atoms with Gasteiger partial charge in [0, 0.05) is 11.3 Å². The molecule has 3 aliphatic heterocycles. The van der Waals surface area contributed by atoms with Gasteiger partial charge in [-0.3, -0.25) is 0 Å². The van der Waals surface area contributed by atoms with Crippen LogP contribution in [0.2, 0.25) is 0 Å². The van der Waals surface area contributed by atoms with Gasteiger partial charge in [-0.15, -0.1) is 0 Å². The summed E-state index contributed by atoms with van der Waals surface area (Å²) >= 11 is 0. The summed E-state index contributed by atoms with van der Waals surface area (Å²) in [5.41, 5.74) is -1.25. The molecule has 8 aliphatic rings. The lowest BCUT2D eigenvalue weighted by Gasteiger charge is -2.72. The van der Waals surface area contributed by atoms with E-state index in [1.54, 1.807) is 0 Å². The van der Waals surface area contributed by atoms with E-state index < -0.39 is 151 Å². The first-order valence-corrected chi connectivity index (χ1v) is 24.4. The summed E-state index contributed by atoms with van der Waals surface area (Å²) in [5, 5.41) is 132. The third kappa shape index (κ3) is 7.91. The summed E-state index contributed by atoms with van der Waals surface area (Å²) in [5.74, 6) is -0.229. The van der Waals surface area contributed by atoms with Crippen molar-refractivity contribution in [2.75, 3.05) is 19.8 Å². The van der Waals surface area contributed by atoms with E-state index in [2.05, 4.69) is 54.5 Å². The molecule has 66 heavy (non-hydrogen) atoms. The number of hydrogen-bond acceptors (Lipinski definition) is 18. The Kier molecular flexibility index (Phi) is 14.0. The second-order valence-corrected chi connectivity index (χ2v) is 23.8. The summed E-state index contributed by atoms with van der Waals surface area (Å²) in [7, 11) is 0. The molecule has 0 spiro atoms. The van der Waals surface area contributed by atoms with Gasteiger partial charge in [-0.2, -0.15) is 0 Å². The standard InChI is InChI=1S/C48H80O18/c1-21-30(53)32(55)36(59)41(62-21)66-38-26(19-61-40-35(58)33(56)31(54)25(18-49)63-40)64-42(37(60)34(38)57)65-29-10-11-45(6)27(44(29,4)5)9-12-46(7)39(45)24(51)15-22-23-16-43(2,3)13-14-48(23,20-50)28(52)17-47(22,46)8/h15,21,23-42,49-60H,9-14,16-20H2,1-8H3/t21-,23?,24-,25-,26-,27?,28+,29+,30+,31-,32-,33+,34-,35-,36-,37-,38-,39?,40-,41+,42+,45+,46-,47-,48?/m1/s1. The molecule has 25 atom stereocenters. The van der Waals surface area contributed by atoms with Crippen molar-refractivity contribution >= 4 is 0 Å². The monoisotopic (exact) mass is 945 g/mol. The molecule has 0 radical (unpaired) electrons. The maximum Gasteiger partial charge on any atom is 0.187 e. The SMILES string of the molecule is C[C@H]1O[C@@H](O[C@H]2[C@H](O)[C@@H](O)[C@H](O[C@H]3CC[C@@]4(C)C(CC[C@]5(C)C4[C@H](O)C=C4C6CC(C)(C)CCC6(CO)[C@@H](O)C[C@]45C)C3(C)C)O[C@@H]2CO[C@@H]2O[C@H](CO)[C@@H](O)[C@H](O)[C@H]2O)[C@H](O)[C@H](O)[C@H]1O. The van der Waals surface area contributed by atoms with E-state index in [-0.39, 0.29) is 29.8 Å². The molecule has 12 N–H and O–H groups in total. The van der Waals surface area contributed by atoms with Crippen molar-refractivity contribution < 1.29 is 89.7 Å². The molecule has 18 nitrogen and oxygen atoms in total. The molecule has 8 rings (SSSR count). The molecule has 3 saturated heterocycles. The highest BCUT2D eigenvalue weighted by molar-refractivity contribution is 5.37. The summed E-state index contributed by atoms with van der Waals surface area (Å²) in [6, 6.07) is 0. The van der Waals surface area contributed by atoms with Crippen LogP contribution in [0.1, 0.15) is 107 Å². The van der Waals surface area contributed by atoms with Gasteiger partial charge >= 0.3 is 0 Å². The Bertz CT molecular complexity index is 1760. The number of fused-ring (bicyclic) bond motifs is 7. The number of aliphatic hydroxyl groups is 12. The number of aliphatic hydroxyl groups excluding tert-OH is 12. The number of ether oxygens (including phenoxy) is 6. The summed E-state index contributed by atoms with van der Waals surface area (Å²) in [4.78, 5) is 0. The third-order valence-corrected chi connectivity index (χ3v) is 19.4. The molecular formula is C48H80O18. The molecule has 380 valence electrons.